The molecule has 0 aromatic heterocycles. The molecule has 1 aliphatic rings. The Morgan fingerprint density at radius 3 is 3.00 bits per heavy atom. The summed E-state index contributed by atoms with van der Waals surface area (Å²) in [7, 11) is 0. The highest BCUT2D eigenvalue weighted by atomic mass is 35.5. The minimum absolute atomic E-state index is 0.0267. The molecule has 1 saturated heterocycles. The quantitative estimate of drug-likeness (QED) is 0.842. The molecule has 0 radical (unpaired) electrons. The van der Waals surface area contributed by atoms with E-state index in [4.69, 9.17) is 16.3 Å². The SMILES string of the molecule is Cc1ccc(F)c(O[C@@H]2CCNC2)c1Cl. The van der Waals surface area contributed by atoms with Gasteiger partial charge in [0.05, 0.1) is 5.02 Å². The molecule has 1 N–H and O–H groups in total. The first kappa shape index (κ1) is 10.7. The van der Waals surface area contributed by atoms with Crippen LogP contribution in [0.15, 0.2) is 12.1 Å². The molecule has 2 rings (SSSR count). The predicted molar refractivity (Wildman–Crippen MR) is 58.0 cm³/mol. The van der Waals surface area contributed by atoms with Gasteiger partial charge in [-0.2, -0.15) is 0 Å². The van der Waals surface area contributed by atoms with E-state index >= 15 is 0 Å². The van der Waals surface area contributed by atoms with Crippen molar-refractivity contribution in [2.75, 3.05) is 13.1 Å². The van der Waals surface area contributed by atoms with Gasteiger partial charge in [-0.15, -0.1) is 0 Å². The van der Waals surface area contributed by atoms with Crippen molar-refractivity contribution in [1.82, 2.24) is 5.32 Å². The van der Waals surface area contributed by atoms with Crippen LogP contribution in [-0.4, -0.2) is 19.2 Å². The van der Waals surface area contributed by atoms with Crippen LogP contribution in [0.3, 0.4) is 0 Å². The molecule has 1 aliphatic heterocycles. The number of hydrogen-bond donors (Lipinski definition) is 1. The van der Waals surface area contributed by atoms with E-state index in [0.717, 1.165) is 25.1 Å². The molecule has 1 heterocycles. The van der Waals surface area contributed by atoms with Gasteiger partial charge in [0.2, 0.25) is 0 Å². The van der Waals surface area contributed by atoms with E-state index < -0.39 is 5.82 Å². The number of nitrogens with one attached hydrogen (secondary N) is 1. The zero-order chi connectivity index (χ0) is 10.8. The standard InChI is InChI=1S/C11H13ClFNO/c1-7-2-3-9(13)11(10(7)12)15-8-4-5-14-6-8/h2-3,8,14H,4-6H2,1H3/t8-/m1/s1. The predicted octanol–water partition coefficient (Wildman–Crippen LogP) is 2.53. The Labute approximate surface area is 93.4 Å². The van der Waals surface area contributed by atoms with Gasteiger partial charge in [-0.1, -0.05) is 17.7 Å². The Morgan fingerprint density at radius 2 is 2.33 bits per heavy atom. The highest BCUT2D eigenvalue weighted by Crippen LogP contribution is 2.32. The van der Waals surface area contributed by atoms with E-state index in [9.17, 15) is 4.39 Å². The summed E-state index contributed by atoms with van der Waals surface area (Å²) in [6.07, 6.45) is 0.919. The summed E-state index contributed by atoms with van der Waals surface area (Å²) in [4.78, 5) is 0. The lowest BCUT2D eigenvalue weighted by molar-refractivity contribution is 0.213. The molecule has 1 aromatic rings. The lowest BCUT2D eigenvalue weighted by Crippen LogP contribution is -2.20. The first-order valence-electron chi connectivity index (χ1n) is 5.00. The Morgan fingerprint density at radius 1 is 1.53 bits per heavy atom. The fourth-order valence-corrected chi connectivity index (χ4v) is 1.83. The maximum absolute atomic E-state index is 13.5. The maximum atomic E-state index is 13.5. The Kier molecular flexibility index (Phi) is 3.12. The largest absolute Gasteiger partial charge is 0.484 e. The Bertz CT molecular complexity index is 364. The van der Waals surface area contributed by atoms with E-state index in [1.807, 2.05) is 6.92 Å². The van der Waals surface area contributed by atoms with Gasteiger partial charge in [0.15, 0.2) is 11.6 Å². The molecule has 0 aliphatic carbocycles. The topological polar surface area (TPSA) is 21.3 Å². The van der Waals surface area contributed by atoms with Crippen molar-refractivity contribution in [2.24, 2.45) is 0 Å². The average Bonchev–Trinajstić information content (AvgIpc) is 2.71. The van der Waals surface area contributed by atoms with Gasteiger partial charge in [-0.3, -0.25) is 0 Å². The molecule has 1 aromatic carbocycles. The van der Waals surface area contributed by atoms with Gasteiger partial charge in [0.1, 0.15) is 6.10 Å². The monoisotopic (exact) mass is 229 g/mol. The van der Waals surface area contributed by atoms with Crippen LogP contribution < -0.4 is 10.1 Å². The van der Waals surface area contributed by atoms with Crippen molar-refractivity contribution >= 4 is 11.6 Å². The number of ether oxygens (including phenoxy) is 1. The van der Waals surface area contributed by atoms with E-state index in [-0.39, 0.29) is 11.9 Å². The number of benzene rings is 1. The minimum Gasteiger partial charge on any atom is -0.484 e. The van der Waals surface area contributed by atoms with Crippen LogP contribution in [0.4, 0.5) is 4.39 Å². The second-order valence-corrected chi connectivity index (χ2v) is 4.12. The molecule has 4 heteroatoms. The first-order chi connectivity index (χ1) is 7.18. The zero-order valence-corrected chi connectivity index (χ0v) is 9.27. The summed E-state index contributed by atoms with van der Waals surface area (Å²) in [5.41, 5.74) is 0.832. The minimum atomic E-state index is -0.391. The molecule has 1 fully saturated rings. The second kappa shape index (κ2) is 4.37. The third kappa shape index (κ3) is 2.24. The lowest BCUT2D eigenvalue weighted by atomic mass is 10.2. The molecule has 0 saturated carbocycles. The number of hydrogen-bond acceptors (Lipinski definition) is 2. The smallest absolute Gasteiger partial charge is 0.174 e. The van der Waals surface area contributed by atoms with E-state index in [2.05, 4.69) is 5.32 Å². The average molecular weight is 230 g/mol. The summed E-state index contributed by atoms with van der Waals surface area (Å²) in [6, 6.07) is 3.04. The highest BCUT2D eigenvalue weighted by Gasteiger charge is 2.20. The van der Waals surface area contributed by atoms with Gasteiger partial charge >= 0.3 is 0 Å². The van der Waals surface area contributed by atoms with Crippen molar-refractivity contribution in [3.63, 3.8) is 0 Å². The number of aryl methyl sites for hydroxylation is 1. The fourth-order valence-electron chi connectivity index (χ4n) is 1.63. The van der Waals surface area contributed by atoms with Crippen molar-refractivity contribution in [3.8, 4) is 5.75 Å². The van der Waals surface area contributed by atoms with Gasteiger partial charge in [0.25, 0.3) is 0 Å². The van der Waals surface area contributed by atoms with Crippen molar-refractivity contribution in [3.05, 3.63) is 28.5 Å². The van der Waals surface area contributed by atoms with Crippen LogP contribution >= 0.6 is 11.6 Å². The van der Waals surface area contributed by atoms with Crippen LogP contribution in [-0.2, 0) is 0 Å². The van der Waals surface area contributed by atoms with Crippen molar-refractivity contribution < 1.29 is 9.13 Å². The van der Waals surface area contributed by atoms with E-state index in [1.54, 1.807) is 6.07 Å². The van der Waals surface area contributed by atoms with E-state index in [1.165, 1.54) is 6.07 Å². The third-order valence-corrected chi connectivity index (χ3v) is 3.01. The van der Waals surface area contributed by atoms with Crippen LogP contribution in [0, 0.1) is 12.7 Å². The molecular weight excluding hydrogens is 217 g/mol. The molecule has 82 valence electrons. The van der Waals surface area contributed by atoms with Crippen LogP contribution in [0.2, 0.25) is 5.02 Å². The molecule has 2 nitrogen and oxygen atoms in total. The van der Waals surface area contributed by atoms with Crippen LogP contribution in [0.1, 0.15) is 12.0 Å². The molecule has 0 unspecified atom stereocenters. The number of halogens is 2. The molecule has 0 spiro atoms. The van der Waals surface area contributed by atoms with Crippen molar-refractivity contribution in [2.45, 2.75) is 19.4 Å². The fraction of sp³-hybridized carbons (Fsp3) is 0.455. The van der Waals surface area contributed by atoms with Gasteiger partial charge in [0, 0.05) is 6.54 Å². The van der Waals surface area contributed by atoms with Gasteiger partial charge in [-0.25, -0.2) is 4.39 Å². The Hall–Kier alpha value is -0.800. The lowest BCUT2D eigenvalue weighted by Gasteiger charge is -2.15. The molecular formula is C11H13ClFNO. The number of rotatable bonds is 2. The van der Waals surface area contributed by atoms with Crippen LogP contribution in [0.25, 0.3) is 0 Å². The molecule has 0 amide bonds. The van der Waals surface area contributed by atoms with Gasteiger partial charge in [-0.05, 0) is 31.5 Å². The third-order valence-electron chi connectivity index (χ3n) is 2.54. The molecule has 15 heavy (non-hydrogen) atoms. The summed E-state index contributed by atoms with van der Waals surface area (Å²) in [5, 5.41) is 3.53. The van der Waals surface area contributed by atoms with Crippen LogP contribution in [0.5, 0.6) is 5.75 Å². The molecule has 1 atom stereocenters. The normalized spacial score (nSPS) is 20.6. The molecule has 0 bridgehead atoms. The van der Waals surface area contributed by atoms with E-state index in [0.29, 0.717) is 5.02 Å². The summed E-state index contributed by atoms with van der Waals surface area (Å²) in [6.45, 7) is 3.50. The van der Waals surface area contributed by atoms with Gasteiger partial charge < -0.3 is 10.1 Å². The summed E-state index contributed by atoms with van der Waals surface area (Å²) < 4.78 is 19.0. The zero-order valence-electron chi connectivity index (χ0n) is 8.52. The van der Waals surface area contributed by atoms with Crippen molar-refractivity contribution in [1.29, 1.82) is 0 Å². The first-order valence-corrected chi connectivity index (χ1v) is 5.38. The Balaban J connectivity index is 2.22. The highest BCUT2D eigenvalue weighted by molar-refractivity contribution is 6.32. The second-order valence-electron chi connectivity index (χ2n) is 3.74. The maximum Gasteiger partial charge on any atom is 0.174 e. The summed E-state index contributed by atoms with van der Waals surface area (Å²) >= 11 is 5.99. The summed E-state index contributed by atoms with van der Waals surface area (Å²) in [5.74, 6) is -0.206.